The molecule has 0 amide bonds. The number of benzene rings is 2. The second-order valence-electron chi connectivity index (χ2n) is 5.69. The first-order chi connectivity index (χ1) is 12.0. The molecule has 0 aliphatic carbocycles. The van der Waals surface area contributed by atoms with Crippen LogP contribution in [0.5, 0.6) is 5.75 Å². The lowest BCUT2D eigenvalue weighted by Crippen LogP contribution is -2.19. The van der Waals surface area contributed by atoms with Gasteiger partial charge in [0.15, 0.2) is 0 Å². The number of pyridine rings is 1. The number of nitrogens with zero attached hydrogens (tertiary/aromatic N) is 1. The highest BCUT2D eigenvalue weighted by molar-refractivity contribution is 9.10. The molecule has 0 N–H and O–H groups in total. The van der Waals surface area contributed by atoms with Crippen molar-refractivity contribution in [2.45, 2.75) is 6.92 Å². The molecule has 0 bridgehead atoms. The van der Waals surface area contributed by atoms with Crippen LogP contribution in [-0.2, 0) is 4.74 Å². The lowest BCUT2D eigenvalue weighted by atomic mass is 10.1. The third kappa shape index (κ3) is 2.28. The lowest BCUT2D eigenvalue weighted by Gasteiger charge is -2.07. The zero-order chi connectivity index (χ0) is 17.7. The first kappa shape index (κ1) is 15.9. The smallest absolute Gasteiger partial charge is 0.343 e. The Labute approximate surface area is 151 Å². The van der Waals surface area contributed by atoms with Crippen LogP contribution < -0.4 is 10.2 Å². The summed E-state index contributed by atoms with van der Waals surface area (Å²) in [5, 5.41) is 2.31. The van der Waals surface area contributed by atoms with Gasteiger partial charge in [-0.05, 0) is 37.3 Å². The van der Waals surface area contributed by atoms with Crippen LogP contribution in [-0.4, -0.2) is 24.1 Å². The number of carbonyl (C=O) groups is 1. The first-order valence-electron chi connectivity index (χ1n) is 7.80. The quantitative estimate of drug-likeness (QED) is 0.488. The molecule has 0 atom stereocenters. The number of methoxy groups -OCH3 is 1. The van der Waals surface area contributed by atoms with E-state index in [4.69, 9.17) is 9.47 Å². The van der Waals surface area contributed by atoms with E-state index in [1.54, 1.807) is 26.3 Å². The van der Waals surface area contributed by atoms with Crippen molar-refractivity contribution in [1.82, 2.24) is 4.40 Å². The van der Waals surface area contributed by atoms with Gasteiger partial charge in [0.05, 0.1) is 30.1 Å². The topological polar surface area (TPSA) is 57.0 Å². The fourth-order valence-electron chi connectivity index (χ4n) is 3.24. The molecule has 25 heavy (non-hydrogen) atoms. The van der Waals surface area contributed by atoms with Crippen molar-refractivity contribution in [2.24, 2.45) is 0 Å². The summed E-state index contributed by atoms with van der Waals surface area (Å²) in [4.78, 5) is 25.1. The Kier molecular flexibility index (Phi) is 3.65. The molecular formula is C19H14BrNO4. The van der Waals surface area contributed by atoms with Gasteiger partial charge in [-0.15, -0.1) is 0 Å². The minimum atomic E-state index is -0.618. The van der Waals surface area contributed by atoms with Gasteiger partial charge in [0.25, 0.3) is 0 Å². The highest BCUT2D eigenvalue weighted by Gasteiger charge is 2.21. The minimum absolute atomic E-state index is 0.0179. The van der Waals surface area contributed by atoms with Crippen LogP contribution in [0.25, 0.3) is 27.2 Å². The average molecular weight is 400 g/mol. The van der Waals surface area contributed by atoms with E-state index in [9.17, 15) is 9.59 Å². The molecule has 0 spiro atoms. The number of carbonyl (C=O) groups excluding carboxylic acids is 1. The maximum atomic E-state index is 12.9. The molecule has 126 valence electrons. The van der Waals surface area contributed by atoms with Crippen LogP contribution in [0.4, 0.5) is 0 Å². The van der Waals surface area contributed by atoms with Gasteiger partial charge < -0.3 is 13.9 Å². The molecule has 2 aromatic carbocycles. The third-order valence-corrected chi connectivity index (χ3v) is 4.80. The molecule has 2 aromatic heterocycles. The van der Waals surface area contributed by atoms with Crippen molar-refractivity contribution in [3.05, 3.63) is 56.8 Å². The van der Waals surface area contributed by atoms with Crippen molar-refractivity contribution in [1.29, 1.82) is 0 Å². The predicted octanol–water partition coefficient (Wildman–Crippen LogP) is 3.99. The number of esters is 1. The predicted molar refractivity (Wildman–Crippen MR) is 100 cm³/mol. The minimum Gasteiger partial charge on any atom is -0.497 e. The van der Waals surface area contributed by atoms with Gasteiger partial charge in [0.1, 0.15) is 11.3 Å². The van der Waals surface area contributed by atoms with Crippen LogP contribution in [0.2, 0.25) is 0 Å². The lowest BCUT2D eigenvalue weighted by molar-refractivity contribution is 0.0524. The van der Waals surface area contributed by atoms with Crippen molar-refractivity contribution in [3.8, 4) is 5.75 Å². The van der Waals surface area contributed by atoms with Gasteiger partial charge in [0.2, 0.25) is 5.43 Å². The summed E-state index contributed by atoms with van der Waals surface area (Å²) in [6.45, 7) is 1.92. The number of hydrogen-bond donors (Lipinski definition) is 0. The maximum Gasteiger partial charge on any atom is 0.343 e. The van der Waals surface area contributed by atoms with E-state index in [2.05, 4.69) is 15.9 Å². The number of rotatable bonds is 3. The molecule has 6 heteroatoms. The zero-order valence-electron chi connectivity index (χ0n) is 13.6. The summed E-state index contributed by atoms with van der Waals surface area (Å²) in [6, 6.07) is 9.44. The molecule has 0 aliphatic rings. The first-order valence-corrected chi connectivity index (χ1v) is 8.59. The summed E-state index contributed by atoms with van der Waals surface area (Å²) in [6.07, 6.45) is 1.57. The van der Waals surface area contributed by atoms with Crippen LogP contribution in [0.15, 0.2) is 45.8 Å². The number of halogens is 1. The molecule has 2 heterocycles. The van der Waals surface area contributed by atoms with Gasteiger partial charge >= 0.3 is 5.97 Å². The van der Waals surface area contributed by atoms with Crippen LogP contribution in [0, 0.1) is 0 Å². The molecule has 4 rings (SSSR count). The van der Waals surface area contributed by atoms with Crippen LogP contribution >= 0.6 is 15.9 Å². The molecule has 0 saturated carbocycles. The van der Waals surface area contributed by atoms with E-state index >= 15 is 0 Å². The molecule has 0 saturated heterocycles. The summed E-state index contributed by atoms with van der Waals surface area (Å²) < 4.78 is 13.2. The van der Waals surface area contributed by atoms with Crippen LogP contribution in [0.1, 0.15) is 17.3 Å². The number of hydrogen-bond acceptors (Lipinski definition) is 4. The molecule has 0 aliphatic heterocycles. The summed E-state index contributed by atoms with van der Waals surface area (Å²) in [7, 11) is 1.55. The van der Waals surface area contributed by atoms with E-state index in [1.165, 1.54) is 0 Å². The molecule has 5 nitrogen and oxygen atoms in total. The maximum absolute atomic E-state index is 12.9. The Morgan fingerprint density at radius 2 is 1.92 bits per heavy atom. The van der Waals surface area contributed by atoms with E-state index in [0.29, 0.717) is 11.1 Å². The van der Waals surface area contributed by atoms with E-state index in [1.807, 2.05) is 28.7 Å². The van der Waals surface area contributed by atoms with E-state index in [-0.39, 0.29) is 17.6 Å². The monoisotopic (exact) mass is 399 g/mol. The number of aromatic nitrogens is 1. The number of ether oxygens (including phenoxy) is 2. The second-order valence-corrected chi connectivity index (χ2v) is 6.61. The summed E-state index contributed by atoms with van der Waals surface area (Å²) >= 11 is 3.49. The van der Waals surface area contributed by atoms with Gasteiger partial charge in [-0.25, -0.2) is 4.79 Å². The standard InChI is InChI=1S/C19H14BrNO4/c1-3-25-19(23)15-9-21-16-5-4-10(20)6-12(16)13-7-11(24-2)8-14(17(13)21)18(15)22/h4-9H,3H2,1-2H3. The zero-order valence-corrected chi connectivity index (χ0v) is 15.2. The SMILES string of the molecule is CCOC(=O)c1cn2c3ccc(Br)cc3c3cc(OC)cc(c1=O)c32. The van der Waals surface area contributed by atoms with E-state index < -0.39 is 5.97 Å². The van der Waals surface area contributed by atoms with Crippen molar-refractivity contribution in [3.63, 3.8) is 0 Å². The third-order valence-electron chi connectivity index (χ3n) is 4.31. The van der Waals surface area contributed by atoms with Crippen molar-refractivity contribution in [2.75, 3.05) is 13.7 Å². The molecule has 0 radical (unpaired) electrons. The molecule has 0 fully saturated rings. The second kappa shape index (κ2) is 5.74. The normalized spacial score (nSPS) is 11.5. The highest BCUT2D eigenvalue weighted by Crippen LogP contribution is 2.35. The molecule has 4 aromatic rings. The van der Waals surface area contributed by atoms with Gasteiger partial charge in [-0.2, -0.15) is 0 Å². The molecular weight excluding hydrogens is 386 g/mol. The fraction of sp³-hybridized carbons (Fsp3) is 0.158. The van der Waals surface area contributed by atoms with Gasteiger partial charge in [-0.1, -0.05) is 15.9 Å². The Balaban J connectivity index is 2.25. The highest BCUT2D eigenvalue weighted by atomic mass is 79.9. The van der Waals surface area contributed by atoms with Crippen molar-refractivity contribution >= 4 is 49.1 Å². The number of fused-ring (bicyclic) bond motifs is 3. The largest absolute Gasteiger partial charge is 0.497 e. The van der Waals surface area contributed by atoms with Crippen molar-refractivity contribution < 1.29 is 14.3 Å². The Morgan fingerprint density at radius 1 is 1.16 bits per heavy atom. The van der Waals surface area contributed by atoms with E-state index in [0.717, 1.165) is 26.3 Å². The molecule has 0 unspecified atom stereocenters. The van der Waals surface area contributed by atoms with Gasteiger partial charge in [-0.3, -0.25) is 4.79 Å². The summed E-state index contributed by atoms with van der Waals surface area (Å²) in [5.74, 6) is -0.0481. The Hall–Kier alpha value is -2.60. The summed E-state index contributed by atoms with van der Waals surface area (Å²) in [5.41, 5.74) is 1.34. The Morgan fingerprint density at radius 3 is 2.64 bits per heavy atom. The average Bonchev–Trinajstić information content (AvgIpc) is 2.91. The fourth-order valence-corrected chi connectivity index (χ4v) is 3.60. The Bertz CT molecular complexity index is 1200. The van der Waals surface area contributed by atoms with Gasteiger partial charge in [0, 0.05) is 21.4 Å². The van der Waals surface area contributed by atoms with Crippen LogP contribution in [0.3, 0.4) is 0 Å².